The highest BCUT2D eigenvalue weighted by Crippen LogP contribution is 2.07. The van der Waals surface area contributed by atoms with Gasteiger partial charge in [0, 0.05) is 11.6 Å². The Morgan fingerprint density at radius 1 is 1.19 bits per heavy atom. The van der Waals surface area contributed by atoms with Gasteiger partial charge in [-0.1, -0.05) is 12.1 Å². The van der Waals surface area contributed by atoms with Crippen LogP contribution in [0.4, 0.5) is 0 Å². The molecule has 0 aliphatic heterocycles. The number of carbonyl (C=O) groups excluding carboxylic acids is 3. The van der Waals surface area contributed by atoms with Gasteiger partial charge in [0.1, 0.15) is 12.2 Å². The van der Waals surface area contributed by atoms with Crippen LogP contribution in [-0.4, -0.2) is 63.0 Å². The number of benzene rings is 1. The third-order valence-corrected chi connectivity index (χ3v) is 3.30. The number of carbonyl (C=O) groups is 3. The van der Waals surface area contributed by atoms with Crippen LogP contribution in [0.2, 0.25) is 0 Å². The van der Waals surface area contributed by atoms with E-state index in [4.69, 9.17) is 10.3 Å². The maximum atomic E-state index is 12.0. The van der Waals surface area contributed by atoms with Crippen LogP contribution in [0.3, 0.4) is 0 Å². The normalized spacial score (nSPS) is 14.5. The van der Waals surface area contributed by atoms with Gasteiger partial charge in [-0.2, -0.15) is 0 Å². The van der Waals surface area contributed by atoms with Crippen LogP contribution in [0.15, 0.2) is 30.3 Å². The van der Waals surface area contributed by atoms with Gasteiger partial charge in [0.25, 0.3) is 11.8 Å². The summed E-state index contributed by atoms with van der Waals surface area (Å²) in [5.41, 5.74) is 6.75. The molecule has 26 heavy (non-hydrogen) atoms. The van der Waals surface area contributed by atoms with Crippen molar-refractivity contribution in [3.8, 4) is 0 Å². The van der Waals surface area contributed by atoms with Crippen LogP contribution in [0, 0.1) is 0 Å². The minimum Gasteiger partial charge on any atom is -0.391 e. The van der Waals surface area contributed by atoms with E-state index < -0.39 is 42.5 Å². The van der Waals surface area contributed by atoms with Crippen molar-refractivity contribution in [1.82, 2.24) is 16.3 Å². The predicted molar refractivity (Wildman–Crippen MR) is 89.6 cm³/mol. The van der Waals surface area contributed by atoms with E-state index in [-0.39, 0.29) is 5.56 Å². The first kappa shape index (κ1) is 21.4. The Labute approximate surface area is 149 Å². The lowest BCUT2D eigenvalue weighted by molar-refractivity contribution is -0.136. The third-order valence-electron chi connectivity index (χ3n) is 3.30. The van der Waals surface area contributed by atoms with Crippen LogP contribution in [0.1, 0.15) is 22.8 Å². The molecule has 0 spiro atoms. The molecule has 2 amide bonds. The summed E-state index contributed by atoms with van der Waals surface area (Å²) in [7, 11) is 0. The quantitative estimate of drug-likeness (QED) is 0.151. The monoisotopic (exact) mass is 367 g/mol. The molecule has 0 heterocycles. The van der Waals surface area contributed by atoms with Gasteiger partial charge in [-0.15, -0.1) is 0 Å². The van der Waals surface area contributed by atoms with Gasteiger partial charge in [0.2, 0.25) is 0 Å². The summed E-state index contributed by atoms with van der Waals surface area (Å²) in [6, 6.07) is 6.16. The van der Waals surface area contributed by atoms with Crippen molar-refractivity contribution in [1.29, 1.82) is 0 Å². The van der Waals surface area contributed by atoms with E-state index in [9.17, 15) is 24.6 Å². The Hall–Kier alpha value is -2.63. The molecule has 0 aliphatic carbocycles. The Kier molecular flexibility index (Phi) is 8.55. The predicted octanol–water partition coefficient (Wildman–Crippen LogP) is -1.89. The zero-order valence-corrected chi connectivity index (χ0v) is 13.9. The molecular weight excluding hydrogens is 346 g/mol. The third kappa shape index (κ3) is 6.70. The second-order valence-electron chi connectivity index (χ2n) is 5.38. The van der Waals surface area contributed by atoms with Crippen LogP contribution in [0.5, 0.6) is 0 Å². The summed E-state index contributed by atoms with van der Waals surface area (Å²) in [6.07, 6.45) is -2.24. The number of nitrogens with one attached hydrogen (secondary N) is 3. The number of aliphatic hydroxyl groups excluding tert-OH is 3. The molecule has 0 saturated heterocycles. The molecule has 1 rings (SSSR count). The smallest absolute Gasteiger partial charge is 0.267 e. The van der Waals surface area contributed by atoms with Gasteiger partial charge in [-0.25, -0.2) is 10.9 Å². The maximum Gasteiger partial charge on any atom is 0.267 e. The van der Waals surface area contributed by atoms with E-state index >= 15 is 0 Å². The number of aliphatic hydroxyl groups is 3. The Balaban J connectivity index is 2.57. The number of hydrogen-bond donors (Lipinski definition) is 7. The Morgan fingerprint density at radius 3 is 2.50 bits per heavy atom. The van der Waals surface area contributed by atoms with E-state index in [1.807, 2.05) is 0 Å². The molecule has 1 aromatic rings. The maximum absolute atomic E-state index is 12.0. The standard InChI is InChI=1S/C16H21N3O7/c1-9(20)14(23)15(24)12(21)8-17-18-16(25)11-4-2-3-10(7-11)5-6-13(22)19-26/h2-7,9,14-15,17,20,23-24,26H,8H2,1H3,(H,18,25)(H,19,22)/b6-5+/t9-,14-,15-/m0/s1. The first-order chi connectivity index (χ1) is 12.3. The molecule has 0 bridgehead atoms. The summed E-state index contributed by atoms with van der Waals surface area (Å²) >= 11 is 0. The topological polar surface area (TPSA) is 168 Å². The number of ketones is 1. The van der Waals surface area contributed by atoms with E-state index in [0.29, 0.717) is 5.56 Å². The van der Waals surface area contributed by atoms with Crippen molar-refractivity contribution in [2.24, 2.45) is 0 Å². The van der Waals surface area contributed by atoms with E-state index in [1.54, 1.807) is 12.1 Å². The molecule has 0 fully saturated rings. The molecule has 10 heteroatoms. The lowest BCUT2D eigenvalue weighted by Crippen LogP contribution is -2.48. The largest absolute Gasteiger partial charge is 0.391 e. The van der Waals surface area contributed by atoms with Crippen molar-refractivity contribution in [3.05, 3.63) is 41.5 Å². The number of rotatable bonds is 9. The van der Waals surface area contributed by atoms with Crippen LogP contribution < -0.4 is 16.3 Å². The van der Waals surface area contributed by atoms with Crippen molar-refractivity contribution in [2.45, 2.75) is 25.2 Å². The molecule has 0 aliphatic rings. The summed E-state index contributed by atoms with van der Waals surface area (Å²) < 4.78 is 0. The molecule has 0 radical (unpaired) electrons. The summed E-state index contributed by atoms with van der Waals surface area (Å²) in [5, 5.41) is 36.5. The molecule has 7 N–H and O–H groups in total. The highest BCUT2D eigenvalue weighted by Gasteiger charge is 2.27. The molecule has 3 atom stereocenters. The summed E-state index contributed by atoms with van der Waals surface area (Å²) in [6.45, 7) is 0.759. The highest BCUT2D eigenvalue weighted by molar-refractivity contribution is 5.95. The number of hydrogen-bond acceptors (Lipinski definition) is 8. The van der Waals surface area contributed by atoms with Gasteiger partial charge in [0.05, 0.1) is 12.6 Å². The fourth-order valence-corrected chi connectivity index (χ4v) is 1.84. The van der Waals surface area contributed by atoms with Gasteiger partial charge in [0.15, 0.2) is 5.78 Å². The fraction of sp³-hybridized carbons (Fsp3) is 0.312. The highest BCUT2D eigenvalue weighted by atomic mass is 16.5. The first-order valence-corrected chi connectivity index (χ1v) is 7.58. The van der Waals surface area contributed by atoms with E-state index in [0.717, 1.165) is 6.08 Å². The first-order valence-electron chi connectivity index (χ1n) is 7.58. The lowest BCUT2D eigenvalue weighted by Gasteiger charge is -2.19. The molecular formula is C16H21N3O7. The zero-order valence-electron chi connectivity index (χ0n) is 13.9. The van der Waals surface area contributed by atoms with Crippen molar-refractivity contribution in [2.75, 3.05) is 6.54 Å². The van der Waals surface area contributed by atoms with Gasteiger partial charge in [-0.3, -0.25) is 25.0 Å². The van der Waals surface area contributed by atoms with Crippen LogP contribution in [0.25, 0.3) is 6.08 Å². The van der Waals surface area contributed by atoms with Gasteiger partial charge < -0.3 is 15.3 Å². The number of hydrazine groups is 1. The van der Waals surface area contributed by atoms with Crippen molar-refractivity contribution in [3.63, 3.8) is 0 Å². The summed E-state index contributed by atoms with van der Waals surface area (Å²) in [5.74, 6) is -2.12. The van der Waals surface area contributed by atoms with Crippen LogP contribution in [-0.2, 0) is 9.59 Å². The van der Waals surface area contributed by atoms with Crippen molar-refractivity contribution < 1.29 is 34.9 Å². The number of Topliss-reactive ketones (excluding diaryl/α,β-unsaturated/α-hetero) is 1. The van der Waals surface area contributed by atoms with E-state index in [2.05, 4.69) is 10.9 Å². The SMILES string of the molecule is C[C@H](O)[C@H](O)[C@@H](O)C(=O)CNNC(=O)c1cccc(/C=C/C(=O)NO)c1. The lowest BCUT2D eigenvalue weighted by atomic mass is 10.1. The molecule has 142 valence electrons. The average Bonchev–Trinajstić information content (AvgIpc) is 2.64. The molecule has 10 nitrogen and oxygen atoms in total. The molecule has 1 aromatic carbocycles. The van der Waals surface area contributed by atoms with Gasteiger partial charge >= 0.3 is 0 Å². The van der Waals surface area contributed by atoms with Gasteiger partial charge in [-0.05, 0) is 30.7 Å². The Morgan fingerprint density at radius 2 is 1.88 bits per heavy atom. The Bertz CT molecular complexity index is 676. The second-order valence-corrected chi connectivity index (χ2v) is 5.38. The zero-order chi connectivity index (χ0) is 19.7. The van der Waals surface area contributed by atoms with Crippen molar-refractivity contribution >= 4 is 23.7 Å². The fourth-order valence-electron chi connectivity index (χ4n) is 1.84. The van der Waals surface area contributed by atoms with Crippen LogP contribution >= 0.6 is 0 Å². The number of hydroxylamine groups is 1. The second kappa shape index (κ2) is 10.4. The number of amides is 2. The molecule has 0 unspecified atom stereocenters. The average molecular weight is 367 g/mol. The summed E-state index contributed by atoms with van der Waals surface area (Å²) in [4.78, 5) is 34.6. The minimum atomic E-state index is -1.79. The molecule has 0 saturated carbocycles. The molecule has 0 aromatic heterocycles. The van der Waals surface area contributed by atoms with E-state index in [1.165, 1.54) is 30.6 Å². The minimum absolute atomic E-state index is 0.223.